The number of carbonyl (C=O) groups excluding carboxylic acids is 2. The maximum atomic E-state index is 12.4. The fraction of sp³-hybridized carbons (Fsp3) is 0.579. The van der Waals surface area contributed by atoms with Crippen LogP contribution in [0.2, 0.25) is 0 Å². The van der Waals surface area contributed by atoms with Crippen LogP contribution in [0.5, 0.6) is 0 Å². The van der Waals surface area contributed by atoms with Gasteiger partial charge in [0.05, 0.1) is 13.2 Å². The van der Waals surface area contributed by atoms with E-state index in [1.807, 2.05) is 41.0 Å². The molecule has 3 rings (SSSR count). The first-order valence-corrected chi connectivity index (χ1v) is 9.07. The third-order valence-corrected chi connectivity index (χ3v) is 4.82. The van der Waals surface area contributed by atoms with Gasteiger partial charge in [-0.25, -0.2) is 0 Å². The van der Waals surface area contributed by atoms with Crippen molar-refractivity contribution in [3.8, 4) is 0 Å². The molecular formula is C19H27N3O3. The molecule has 0 spiro atoms. The van der Waals surface area contributed by atoms with Crippen LogP contribution >= 0.6 is 0 Å². The van der Waals surface area contributed by atoms with E-state index in [9.17, 15) is 9.59 Å². The zero-order chi connectivity index (χ0) is 17.6. The Bertz CT molecular complexity index is 596. The van der Waals surface area contributed by atoms with Crippen molar-refractivity contribution in [1.29, 1.82) is 0 Å². The summed E-state index contributed by atoms with van der Waals surface area (Å²) in [7, 11) is 0. The van der Waals surface area contributed by atoms with Crippen molar-refractivity contribution in [3.63, 3.8) is 0 Å². The van der Waals surface area contributed by atoms with E-state index in [1.54, 1.807) is 0 Å². The average Bonchev–Trinajstić information content (AvgIpc) is 3.15. The molecule has 2 heterocycles. The Morgan fingerprint density at radius 2 is 1.88 bits per heavy atom. The summed E-state index contributed by atoms with van der Waals surface area (Å²) in [6.07, 6.45) is 1.71. The van der Waals surface area contributed by atoms with Gasteiger partial charge in [-0.1, -0.05) is 29.8 Å². The standard InChI is InChI=1S/C19H27N3O3/c1-15-4-6-16(7-5-15)12-20-18(23)14-21-10-11-25-17(13-21)19(24)22-8-2-3-9-22/h4-7,17H,2-3,8-14H2,1H3,(H,20,23). The van der Waals surface area contributed by atoms with Crippen molar-refractivity contribution in [2.24, 2.45) is 0 Å². The molecule has 136 valence electrons. The fourth-order valence-corrected chi connectivity index (χ4v) is 3.30. The van der Waals surface area contributed by atoms with Gasteiger partial charge in [-0.05, 0) is 25.3 Å². The summed E-state index contributed by atoms with van der Waals surface area (Å²) in [4.78, 5) is 28.5. The van der Waals surface area contributed by atoms with Crippen LogP contribution in [0.15, 0.2) is 24.3 Å². The van der Waals surface area contributed by atoms with Crippen molar-refractivity contribution in [1.82, 2.24) is 15.1 Å². The second-order valence-corrected chi connectivity index (χ2v) is 6.89. The number of ether oxygens (including phenoxy) is 1. The van der Waals surface area contributed by atoms with Crippen LogP contribution in [0.1, 0.15) is 24.0 Å². The molecule has 1 aromatic rings. The number of benzene rings is 1. The number of hydrogen-bond acceptors (Lipinski definition) is 4. The second kappa shape index (κ2) is 8.45. The topological polar surface area (TPSA) is 61.9 Å². The minimum absolute atomic E-state index is 0.0187. The van der Waals surface area contributed by atoms with Crippen molar-refractivity contribution in [2.45, 2.75) is 32.4 Å². The molecule has 0 aliphatic carbocycles. The predicted molar refractivity (Wildman–Crippen MR) is 95.0 cm³/mol. The van der Waals surface area contributed by atoms with Gasteiger partial charge in [0.2, 0.25) is 5.91 Å². The molecule has 2 fully saturated rings. The lowest BCUT2D eigenvalue weighted by Gasteiger charge is -2.33. The number of carbonyl (C=O) groups is 2. The Morgan fingerprint density at radius 3 is 2.60 bits per heavy atom. The normalized spacial score (nSPS) is 21.3. The molecule has 6 heteroatoms. The van der Waals surface area contributed by atoms with Crippen LogP contribution in [-0.4, -0.2) is 67.0 Å². The number of likely N-dealkylation sites (tertiary alicyclic amines) is 1. The fourth-order valence-electron chi connectivity index (χ4n) is 3.30. The van der Waals surface area contributed by atoms with Crippen LogP contribution in [0.3, 0.4) is 0 Å². The highest BCUT2D eigenvalue weighted by Gasteiger charge is 2.31. The SMILES string of the molecule is Cc1ccc(CNC(=O)CN2CCOC(C(=O)N3CCCC3)C2)cc1. The van der Waals surface area contributed by atoms with Crippen LogP contribution in [-0.2, 0) is 20.9 Å². The number of morpholine rings is 1. The Hall–Kier alpha value is -1.92. The molecule has 1 unspecified atom stereocenters. The van der Waals surface area contributed by atoms with Crippen LogP contribution in [0.4, 0.5) is 0 Å². The van der Waals surface area contributed by atoms with Gasteiger partial charge in [-0.2, -0.15) is 0 Å². The van der Waals surface area contributed by atoms with Crippen LogP contribution < -0.4 is 5.32 Å². The van der Waals surface area contributed by atoms with E-state index in [4.69, 9.17) is 4.74 Å². The molecular weight excluding hydrogens is 318 g/mol. The first-order valence-electron chi connectivity index (χ1n) is 9.07. The molecule has 0 radical (unpaired) electrons. The monoisotopic (exact) mass is 345 g/mol. The summed E-state index contributed by atoms with van der Waals surface area (Å²) in [5.74, 6) is 0.0529. The minimum Gasteiger partial charge on any atom is -0.366 e. The highest BCUT2D eigenvalue weighted by molar-refractivity contribution is 5.82. The number of amides is 2. The second-order valence-electron chi connectivity index (χ2n) is 6.89. The number of aryl methyl sites for hydroxylation is 1. The molecule has 1 aromatic carbocycles. The highest BCUT2D eigenvalue weighted by Crippen LogP contribution is 2.13. The number of rotatable bonds is 5. The molecule has 25 heavy (non-hydrogen) atoms. The van der Waals surface area contributed by atoms with Crippen molar-refractivity contribution < 1.29 is 14.3 Å². The van der Waals surface area contributed by atoms with Crippen molar-refractivity contribution in [3.05, 3.63) is 35.4 Å². The summed E-state index contributed by atoms with van der Waals surface area (Å²) in [6.45, 7) is 6.20. The van der Waals surface area contributed by atoms with Gasteiger partial charge in [0.25, 0.3) is 5.91 Å². The average molecular weight is 345 g/mol. The molecule has 2 saturated heterocycles. The summed E-state index contributed by atoms with van der Waals surface area (Å²) in [5, 5.41) is 2.95. The van der Waals surface area contributed by atoms with E-state index in [-0.39, 0.29) is 11.8 Å². The van der Waals surface area contributed by atoms with Gasteiger partial charge < -0.3 is 15.0 Å². The largest absolute Gasteiger partial charge is 0.366 e. The van der Waals surface area contributed by atoms with Crippen LogP contribution in [0, 0.1) is 6.92 Å². The molecule has 1 N–H and O–H groups in total. The molecule has 1 atom stereocenters. The van der Waals surface area contributed by atoms with Gasteiger partial charge in [-0.3, -0.25) is 14.5 Å². The first-order chi connectivity index (χ1) is 12.1. The summed E-state index contributed by atoms with van der Waals surface area (Å²) in [6, 6.07) is 8.13. The Balaban J connectivity index is 1.44. The quantitative estimate of drug-likeness (QED) is 0.863. The summed E-state index contributed by atoms with van der Waals surface area (Å²) < 4.78 is 5.64. The molecule has 0 saturated carbocycles. The summed E-state index contributed by atoms with van der Waals surface area (Å²) in [5.41, 5.74) is 2.29. The molecule has 2 amide bonds. The smallest absolute Gasteiger partial charge is 0.253 e. The van der Waals surface area contributed by atoms with Crippen LogP contribution in [0.25, 0.3) is 0 Å². The molecule has 0 bridgehead atoms. The summed E-state index contributed by atoms with van der Waals surface area (Å²) >= 11 is 0. The van der Waals surface area contributed by atoms with Gasteiger partial charge in [0.1, 0.15) is 6.10 Å². The molecule has 6 nitrogen and oxygen atoms in total. The van der Waals surface area contributed by atoms with E-state index in [0.717, 1.165) is 31.5 Å². The molecule has 2 aliphatic rings. The predicted octanol–water partition coefficient (Wildman–Crippen LogP) is 0.934. The first kappa shape index (κ1) is 17.9. The Kier molecular flexibility index (Phi) is 6.04. The van der Waals surface area contributed by atoms with E-state index in [0.29, 0.717) is 32.8 Å². The van der Waals surface area contributed by atoms with Gasteiger partial charge in [0, 0.05) is 32.7 Å². The third-order valence-electron chi connectivity index (χ3n) is 4.82. The Labute approximate surface area is 149 Å². The maximum absolute atomic E-state index is 12.4. The lowest BCUT2D eigenvalue weighted by atomic mass is 10.1. The number of hydrogen-bond donors (Lipinski definition) is 1. The van der Waals surface area contributed by atoms with Gasteiger partial charge in [-0.15, -0.1) is 0 Å². The zero-order valence-electron chi connectivity index (χ0n) is 14.9. The van der Waals surface area contributed by atoms with Crippen molar-refractivity contribution >= 4 is 11.8 Å². The minimum atomic E-state index is -0.434. The lowest BCUT2D eigenvalue weighted by molar-refractivity contribution is -0.149. The van der Waals surface area contributed by atoms with Gasteiger partial charge in [0.15, 0.2) is 0 Å². The van der Waals surface area contributed by atoms with E-state index in [1.165, 1.54) is 5.56 Å². The lowest BCUT2D eigenvalue weighted by Crippen LogP contribution is -2.52. The van der Waals surface area contributed by atoms with Crippen molar-refractivity contribution in [2.75, 3.05) is 39.3 Å². The zero-order valence-corrected chi connectivity index (χ0v) is 14.9. The van der Waals surface area contributed by atoms with E-state index in [2.05, 4.69) is 5.32 Å². The number of nitrogens with one attached hydrogen (secondary N) is 1. The maximum Gasteiger partial charge on any atom is 0.253 e. The molecule has 2 aliphatic heterocycles. The van der Waals surface area contributed by atoms with Gasteiger partial charge >= 0.3 is 0 Å². The Morgan fingerprint density at radius 1 is 1.16 bits per heavy atom. The highest BCUT2D eigenvalue weighted by atomic mass is 16.5. The molecule has 0 aromatic heterocycles. The van der Waals surface area contributed by atoms with E-state index >= 15 is 0 Å². The number of nitrogens with zero attached hydrogens (tertiary/aromatic N) is 2. The van der Waals surface area contributed by atoms with E-state index < -0.39 is 6.10 Å². The third kappa shape index (κ3) is 5.03.